The summed E-state index contributed by atoms with van der Waals surface area (Å²) in [4.78, 5) is 7.62. The Kier molecular flexibility index (Phi) is 5.60. The molecule has 0 bridgehead atoms. The molecule has 280 valence electrons. The van der Waals surface area contributed by atoms with Gasteiger partial charge in [0.05, 0.1) is 19.2 Å². The molecule has 0 atom stereocenters. The van der Waals surface area contributed by atoms with E-state index in [9.17, 15) is 5.48 Å². The van der Waals surface area contributed by atoms with Crippen LogP contribution >= 0.6 is 11.3 Å². The quantitative estimate of drug-likeness (QED) is 0.161. The number of aryl methyl sites for hydroxylation is 3. The predicted octanol–water partition coefficient (Wildman–Crippen LogP) is 13.6. The second-order valence-corrected chi connectivity index (χ2v) is 15.5. The second kappa shape index (κ2) is 13.7. The summed E-state index contributed by atoms with van der Waals surface area (Å²) in [6.07, 6.45) is 1.58. The summed E-state index contributed by atoms with van der Waals surface area (Å²) in [5, 5.41) is 0.340. The summed E-state index contributed by atoms with van der Waals surface area (Å²) < 4.78 is 143. The molecule has 10 rings (SSSR count). The van der Waals surface area contributed by atoms with Crippen molar-refractivity contribution in [2.45, 2.75) is 47.0 Å². The SMILES string of the molecule is [2H]c1c(Oc2[c-]c3c(c([2H])c2[2H])c2c([2H])c([2H])c4sc5c([2H])c([2H])c([2H])c([2H])c5c4c2n3-c2cc(C(C)(C)C)ccn2)[c-]c(N2[CH-]N(c3c(C)cc(C)cc3C)c3c([2H])c([2H])c([2H])c([2H])c32)c([2H])c1[2H].[Pt]. The van der Waals surface area contributed by atoms with Gasteiger partial charge < -0.3 is 19.1 Å². The first-order chi connectivity index (χ1) is 32.9. The Hall–Kier alpha value is -5.42. The maximum Gasteiger partial charge on any atom is 0.135 e. The van der Waals surface area contributed by atoms with Crippen LogP contribution < -0.4 is 14.5 Å². The first kappa shape index (κ1) is 23.0. The van der Waals surface area contributed by atoms with Gasteiger partial charge in [-0.3, -0.25) is 0 Å². The van der Waals surface area contributed by atoms with Gasteiger partial charge in [-0.05, 0) is 88.7 Å². The fourth-order valence-corrected chi connectivity index (χ4v) is 8.29. The monoisotopic (exact) mass is 941 g/mol. The average molecular weight is 942 g/mol. The van der Waals surface area contributed by atoms with E-state index in [1.54, 1.807) is 21.7 Å². The van der Waals surface area contributed by atoms with Crippen LogP contribution in [0.1, 0.15) is 63.6 Å². The van der Waals surface area contributed by atoms with E-state index in [2.05, 4.69) is 12.1 Å². The van der Waals surface area contributed by atoms with Crippen molar-refractivity contribution in [3.05, 3.63) is 162 Å². The van der Waals surface area contributed by atoms with E-state index in [1.807, 2.05) is 59.7 Å². The van der Waals surface area contributed by atoms with Gasteiger partial charge in [0.2, 0.25) is 0 Å². The van der Waals surface area contributed by atoms with Crippen LogP contribution in [0.15, 0.2) is 121 Å². The Morgan fingerprint density at radius 2 is 1.45 bits per heavy atom. The van der Waals surface area contributed by atoms with E-state index in [0.717, 1.165) is 33.6 Å². The number of hydrogen-bond donors (Lipinski definition) is 0. The van der Waals surface area contributed by atoms with E-state index in [1.165, 1.54) is 11.6 Å². The first-order valence-corrected chi connectivity index (χ1v) is 18.3. The molecule has 0 N–H and O–H groups in total. The number of para-hydroxylation sites is 2. The zero-order valence-corrected chi connectivity index (χ0v) is 34.0. The van der Waals surface area contributed by atoms with Crippen molar-refractivity contribution in [3.8, 4) is 17.3 Å². The van der Waals surface area contributed by atoms with E-state index >= 15 is 0 Å². The van der Waals surface area contributed by atoms with Crippen molar-refractivity contribution in [3.63, 3.8) is 0 Å². The molecule has 1 aliphatic heterocycles. The fraction of sp³-hybridized carbons (Fsp3) is 0.143. The summed E-state index contributed by atoms with van der Waals surface area (Å²) in [7, 11) is 0. The number of ether oxygens (including phenoxy) is 1. The maximum absolute atomic E-state index is 9.56. The third-order valence-electron chi connectivity index (χ3n) is 9.69. The molecule has 9 aromatic rings. The number of aromatic nitrogens is 2. The van der Waals surface area contributed by atoms with Gasteiger partial charge in [0.15, 0.2) is 0 Å². The van der Waals surface area contributed by atoms with Crippen LogP contribution in [0.25, 0.3) is 47.8 Å². The minimum atomic E-state index is -0.644. The van der Waals surface area contributed by atoms with Crippen molar-refractivity contribution in [1.29, 1.82) is 0 Å². The van der Waals surface area contributed by atoms with Crippen LogP contribution in [-0.4, -0.2) is 9.55 Å². The van der Waals surface area contributed by atoms with E-state index in [-0.39, 0.29) is 116 Å². The molecule has 0 saturated carbocycles. The molecular formula is C49H39N4OPtS-3. The Bertz CT molecular complexity index is 3830. The minimum Gasteiger partial charge on any atom is -0.509 e. The molecule has 0 radical (unpaired) electrons. The summed E-state index contributed by atoms with van der Waals surface area (Å²) in [5.41, 5.74) is 3.63. The molecule has 0 unspecified atom stereocenters. The number of thiophene rings is 1. The van der Waals surface area contributed by atoms with Gasteiger partial charge >= 0.3 is 0 Å². The smallest absolute Gasteiger partial charge is 0.135 e. The molecule has 0 amide bonds. The van der Waals surface area contributed by atoms with Gasteiger partial charge in [-0.15, -0.1) is 59.3 Å². The fourth-order valence-electron chi connectivity index (χ4n) is 7.33. The van der Waals surface area contributed by atoms with Crippen LogP contribution in [0.4, 0.5) is 22.7 Å². The number of hydrogen-bond acceptors (Lipinski definition) is 5. The van der Waals surface area contributed by atoms with Crippen LogP contribution in [0.3, 0.4) is 0 Å². The Morgan fingerprint density at radius 1 is 0.732 bits per heavy atom. The van der Waals surface area contributed by atoms with Gasteiger partial charge in [0, 0.05) is 78.7 Å². The summed E-state index contributed by atoms with van der Waals surface area (Å²) >= 11 is 0.949. The van der Waals surface area contributed by atoms with E-state index in [0.29, 0.717) is 5.69 Å². The standard InChI is InChI=1S/C49H39N4OS.Pt/c1-30-24-31(2)47(32(3)25-30)52-29-51(40-15-8-9-16-41(40)52)34-12-11-13-35(27-34)54-36-18-19-37-38-20-21-44-46(39-14-7-10-17-43(39)55-44)48(38)53(42(37)28-36)45-26-33(22-23-50-45)49(4,5)6;/h7-26,29H,1-6H3;/q-3;/i7D,8D,9D,10D,11D,12D,13D,14D,15D,16D,17D,18D,19D,20D,21D;. The third-order valence-corrected chi connectivity index (χ3v) is 10.7. The largest absolute Gasteiger partial charge is 0.509 e. The van der Waals surface area contributed by atoms with Crippen LogP contribution in [0.5, 0.6) is 11.5 Å². The van der Waals surface area contributed by atoms with Crippen LogP contribution in [0, 0.1) is 39.6 Å². The van der Waals surface area contributed by atoms with Crippen molar-refractivity contribution in [2.24, 2.45) is 0 Å². The summed E-state index contributed by atoms with van der Waals surface area (Å²) in [6, 6.07) is 6.52. The zero-order valence-electron chi connectivity index (χ0n) is 45.9. The maximum atomic E-state index is 9.56. The van der Waals surface area contributed by atoms with Gasteiger partial charge in [-0.25, -0.2) is 4.98 Å². The molecule has 56 heavy (non-hydrogen) atoms. The van der Waals surface area contributed by atoms with Crippen molar-refractivity contribution in [1.82, 2.24) is 9.55 Å². The van der Waals surface area contributed by atoms with Gasteiger partial charge in [-0.2, -0.15) is 12.1 Å². The number of nitrogens with zero attached hydrogens (tertiary/aromatic N) is 4. The van der Waals surface area contributed by atoms with Gasteiger partial charge in [0.25, 0.3) is 0 Å². The van der Waals surface area contributed by atoms with Gasteiger partial charge in [-0.1, -0.05) is 80.2 Å². The van der Waals surface area contributed by atoms with E-state index < -0.39 is 77.3 Å². The van der Waals surface area contributed by atoms with Crippen molar-refractivity contribution >= 4 is 76.1 Å². The molecule has 0 saturated heterocycles. The number of rotatable bonds is 5. The second-order valence-electron chi connectivity index (χ2n) is 14.5. The molecule has 0 fully saturated rings. The Labute approximate surface area is 367 Å². The zero-order chi connectivity index (χ0) is 50.6. The third kappa shape index (κ3) is 5.90. The average Bonchev–Trinajstić information content (AvgIpc) is 4.00. The van der Waals surface area contributed by atoms with Crippen molar-refractivity contribution < 1.29 is 46.4 Å². The summed E-state index contributed by atoms with van der Waals surface area (Å²) in [5.74, 6) is -0.667. The molecule has 1 aliphatic rings. The predicted molar refractivity (Wildman–Crippen MR) is 230 cm³/mol. The van der Waals surface area contributed by atoms with Gasteiger partial charge in [0.1, 0.15) is 5.82 Å². The number of fused-ring (bicyclic) bond motifs is 8. The minimum absolute atomic E-state index is 0. The molecule has 0 aliphatic carbocycles. The molecule has 4 heterocycles. The Balaban J connectivity index is 0.00000624. The Morgan fingerprint density at radius 3 is 2.23 bits per heavy atom. The molecule has 3 aromatic heterocycles. The summed E-state index contributed by atoms with van der Waals surface area (Å²) in [6.45, 7) is 13.2. The van der Waals surface area contributed by atoms with E-state index in [4.69, 9.17) is 24.8 Å². The molecular weight excluding hydrogens is 888 g/mol. The molecule has 6 aromatic carbocycles. The topological polar surface area (TPSA) is 33.5 Å². The van der Waals surface area contributed by atoms with Crippen LogP contribution in [0.2, 0.25) is 0 Å². The number of pyridine rings is 1. The molecule has 5 nitrogen and oxygen atoms in total. The van der Waals surface area contributed by atoms with Crippen molar-refractivity contribution in [2.75, 3.05) is 9.80 Å². The first-order valence-electron chi connectivity index (χ1n) is 25.0. The van der Waals surface area contributed by atoms with Crippen LogP contribution in [-0.2, 0) is 26.5 Å². The normalized spacial score (nSPS) is 16.6. The molecule has 0 spiro atoms. The number of anilines is 4. The molecule has 7 heteroatoms. The number of benzene rings is 6.